The molecule has 1 aromatic rings. The maximum Gasteiger partial charge on any atom is 0.119 e. The Morgan fingerprint density at radius 3 is 2.50 bits per heavy atom. The highest BCUT2D eigenvalue weighted by atomic mass is 16.5. The van der Waals surface area contributed by atoms with Gasteiger partial charge in [0.15, 0.2) is 0 Å². The van der Waals surface area contributed by atoms with E-state index in [1.54, 1.807) is 24.3 Å². The fraction of sp³-hybridized carbons (Fsp3) is 0.455. The Bertz CT molecular complexity index is 280. The van der Waals surface area contributed by atoms with E-state index in [1.165, 1.54) is 19.5 Å². The lowest BCUT2D eigenvalue weighted by Gasteiger charge is -2.30. The number of benzene rings is 1. The minimum atomic E-state index is 0.278. The molecule has 1 aliphatic rings. The average Bonchev–Trinajstić information content (AvgIpc) is 2.12. The number of ether oxygens (including phenoxy) is 1. The monoisotopic (exact) mass is 193 g/mol. The standard InChI is InChI=1S/C11H15NO2/c13-10-2-4-11(5-3-10)14-9-8-12-6-1-7-12/h2-5,13H,1,6-9H2. The van der Waals surface area contributed by atoms with Crippen LogP contribution in [0, 0.1) is 0 Å². The van der Waals surface area contributed by atoms with Gasteiger partial charge < -0.3 is 9.84 Å². The molecule has 1 saturated heterocycles. The van der Waals surface area contributed by atoms with Crippen molar-refractivity contribution in [1.29, 1.82) is 0 Å². The molecule has 76 valence electrons. The molecule has 1 aliphatic heterocycles. The number of phenols is 1. The number of hydrogen-bond donors (Lipinski definition) is 1. The van der Waals surface area contributed by atoms with Crippen LogP contribution in [0.3, 0.4) is 0 Å². The molecule has 1 N–H and O–H groups in total. The van der Waals surface area contributed by atoms with Crippen LogP contribution in [0.25, 0.3) is 0 Å². The summed E-state index contributed by atoms with van der Waals surface area (Å²) in [5.74, 6) is 1.10. The van der Waals surface area contributed by atoms with Crippen molar-refractivity contribution in [2.24, 2.45) is 0 Å². The maximum atomic E-state index is 9.05. The lowest BCUT2D eigenvalue weighted by atomic mass is 10.2. The largest absolute Gasteiger partial charge is 0.508 e. The van der Waals surface area contributed by atoms with E-state index in [4.69, 9.17) is 9.84 Å². The Balaban J connectivity index is 1.71. The minimum absolute atomic E-state index is 0.278. The molecule has 0 radical (unpaired) electrons. The summed E-state index contributed by atoms with van der Waals surface area (Å²) in [4.78, 5) is 2.36. The topological polar surface area (TPSA) is 32.7 Å². The van der Waals surface area contributed by atoms with E-state index in [-0.39, 0.29) is 5.75 Å². The summed E-state index contributed by atoms with van der Waals surface area (Å²) in [5.41, 5.74) is 0. The van der Waals surface area contributed by atoms with Gasteiger partial charge in [0.1, 0.15) is 18.1 Å². The Morgan fingerprint density at radius 2 is 1.93 bits per heavy atom. The van der Waals surface area contributed by atoms with Crippen LogP contribution in [0.15, 0.2) is 24.3 Å². The zero-order chi connectivity index (χ0) is 9.80. The Labute approximate surface area is 83.9 Å². The first kappa shape index (κ1) is 9.34. The number of nitrogens with zero attached hydrogens (tertiary/aromatic N) is 1. The molecule has 0 amide bonds. The van der Waals surface area contributed by atoms with Gasteiger partial charge in [-0.25, -0.2) is 0 Å². The normalized spacial score (nSPS) is 16.3. The van der Waals surface area contributed by atoms with Crippen molar-refractivity contribution >= 4 is 0 Å². The molecule has 0 atom stereocenters. The number of phenolic OH excluding ortho intramolecular Hbond substituents is 1. The third-order valence-corrected chi connectivity index (χ3v) is 2.46. The predicted molar refractivity (Wildman–Crippen MR) is 54.7 cm³/mol. The van der Waals surface area contributed by atoms with E-state index < -0.39 is 0 Å². The second kappa shape index (κ2) is 4.33. The van der Waals surface area contributed by atoms with E-state index in [1.807, 2.05) is 0 Å². The number of hydrogen-bond acceptors (Lipinski definition) is 3. The van der Waals surface area contributed by atoms with Crippen molar-refractivity contribution in [3.05, 3.63) is 24.3 Å². The lowest BCUT2D eigenvalue weighted by molar-refractivity contribution is 0.147. The SMILES string of the molecule is Oc1ccc(OCCN2CCC2)cc1. The van der Waals surface area contributed by atoms with E-state index >= 15 is 0 Å². The second-order valence-corrected chi connectivity index (χ2v) is 3.54. The molecule has 0 aromatic heterocycles. The summed E-state index contributed by atoms with van der Waals surface area (Å²) >= 11 is 0. The smallest absolute Gasteiger partial charge is 0.119 e. The molecular weight excluding hydrogens is 178 g/mol. The molecule has 0 unspecified atom stereocenters. The van der Waals surface area contributed by atoms with Gasteiger partial charge in [0.05, 0.1) is 0 Å². The molecule has 2 rings (SSSR count). The minimum Gasteiger partial charge on any atom is -0.508 e. The summed E-state index contributed by atoms with van der Waals surface area (Å²) in [5, 5.41) is 9.05. The summed E-state index contributed by atoms with van der Waals surface area (Å²) in [6.07, 6.45) is 1.32. The van der Waals surface area contributed by atoms with Crippen molar-refractivity contribution in [3.63, 3.8) is 0 Å². The first-order chi connectivity index (χ1) is 6.84. The molecular formula is C11H15NO2. The fourth-order valence-electron chi connectivity index (χ4n) is 1.44. The molecule has 14 heavy (non-hydrogen) atoms. The van der Waals surface area contributed by atoms with Crippen molar-refractivity contribution in [1.82, 2.24) is 4.90 Å². The summed E-state index contributed by atoms with van der Waals surface area (Å²) in [6.45, 7) is 4.14. The highest BCUT2D eigenvalue weighted by Gasteiger charge is 2.12. The molecule has 0 aliphatic carbocycles. The van der Waals surface area contributed by atoms with E-state index in [2.05, 4.69) is 4.90 Å². The molecule has 0 spiro atoms. The van der Waals surface area contributed by atoms with E-state index in [0.29, 0.717) is 0 Å². The summed E-state index contributed by atoms with van der Waals surface area (Å²) < 4.78 is 5.51. The first-order valence-electron chi connectivity index (χ1n) is 4.99. The van der Waals surface area contributed by atoms with Crippen molar-refractivity contribution in [2.45, 2.75) is 6.42 Å². The van der Waals surface area contributed by atoms with Gasteiger partial charge in [-0.3, -0.25) is 4.90 Å². The summed E-state index contributed by atoms with van der Waals surface area (Å²) in [6, 6.07) is 6.84. The lowest BCUT2D eigenvalue weighted by Crippen LogP contribution is -2.39. The van der Waals surface area contributed by atoms with Crippen molar-refractivity contribution in [2.75, 3.05) is 26.2 Å². The Kier molecular flexibility index (Phi) is 2.89. The van der Waals surface area contributed by atoms with Crippen LogP contribution in [0.4, 0.5) is 0 Å². The summed E-state index contributed by atoms with van der Waals surface area (Å²) in [7, 11) is 0. The molecule has 0 saturated carbocycles. The molecule has 3 heteroatoms. The molecule has 1 aromatic carbocycles. The van der Waals surface area contributed by atoms with Crippen molar-refractivity contribution < 1.29 is 9.84 Å². The van der Waals surface area contributed by atoms with Gasteiger partial charge in [0.2, 0.25) is 0 Å². The zero-order valence-corrected chi connectivity index (χ0v) is 8.15. The Hall–Kier alpha value is -1.22. The van der Waals surface area contributed by atoms with Crippen LogP contribution in [-0.4, -0.2) is 36.2 Å². The van der Waals surface area contributed by atoms with Gasteiger partial charge in [0.25, 0.3) is 0 Å². The van der Waals surface area contributed by atoms with Gasteiger partial charge >= 0.3 is 0 Å². The predicted octanol–water partition coefficient (Wildman–Crippen LogP) is 1.48. The third kappa shape index (κ3) is 2.39. The average molecular weight is 193 g/mol. The fourth-order valence-corrected chi connectivity index (χ4v) is 1.44. The number of rotatable bonds is 4. The second-order valence-electron chi connectivity index (χ2n) is 3.54. The van der Waals surface area contributed by atoms with Crippen LogP contribution in [0.2, 0.25) is 0 Å². The van der Waals surface area contributed by atoms with Gasteiger partial charge in [-0.1, -0.05) is 0 Å². The first-order valence-corrected chi connectivity index (χ1v) is 4.99. The quantitative estimate of drug-likeness (QED) is 0.786. The zero-order valence-electron chi connectivity index (χ0n) is 8.15. The van der Waals surface area contributed by atoms with Crippen LogP contribution in [0.5, 0.6) is 11.5 Å². The molecule has 1 heterocycles. The molecule has 1 fully saturated rings. The van der Waals surface area contributed by atoms with Gasteiger partial charge in [-0.15, -0.1) is 0 Å². The molecule has 0 bridgehead atoms. The van der Waals surface area contributed by atoms with Gasteiger partial charge in [0, 0.05) is 6.54 Å². The van der Waals surface area contributed by atoms with Crippen molar-refractivity contribution in [3.8, 4) is 11.5 Å². The van der Waals surface area contributed by atoms with E-state index in [9.17, 15) is 0 Å². The van der Waals surface area contributed by atoms with Crippen LogP contribution >= 0.6 is 0 Å². The number of likely N-dealkylation sites (tertiary alicyclic amines) is 1. The van der Waals surface area contributed by atoms with Crippen LogP contribution in [-0.2, 0) is 0 Å². The van der Waals surface area contributed by atoms with E-state index in [0.717, 1.165) is 18.9 Å². The maximum absolute atomic E-state index is 9.05. The highest BCUT2D eigenvalue weighted by molar-refractivity contribution is 5.29. The van der Waals surface area contributed by atoms with Crippen LogP contribution < -0.4 is 4.74 Å². The molecule has 3 nitrogen and oxygen atoms in total. The number of aromatic hydroxyl groups is 1. The van der Waals surface area contributed by atoms with Gasteiger partial charge in [-0.2, -0.15) is 0 Å². The van der Waals surface area contributed by atoms with Crippen LogP contribution in [0.1, 0.15) is 6.42 Å². The highest BCUT2D eigenvalue weighted by Crippen LogP contribution is 2.16. The van der Waals surface area contributed by atoms with Gasteiger partial charge in [-0.05, 0) is 43.8 Å². The Morgan fingerprint density at radius 1 is 1.21 bits per heavy atom. The third-order valence-electron chi connectivity index (χ3n) is 2.46.